The van der Waals surface area contributed by atoms with Crippen LogP contribution in [0.4, 0.5) is 0 Å². The van der Waals surface area contributed by atoms with Gasteiger partial charge in [-0.25, -0.2) is 0 Å². The highest BCUT2D eigenvalue weighted by atomic mass is 79.9. The van der Waals surface area contributed by atoms with E-state index in [2.05, 4.69) is 47.1 Å². The van der Waals surface area contributed by atoms with Gasteiger partial charge in [0.15, 0.2) is 0 Å². The number of para-hydroxylation sites is 1. The van der Waals surface area contributed by atoms with Crippen LogP contribution in [0, 0.1) is 5.41 Å². The number of rotatable bonds is 3. The number of hydrogen-bond donors (Lipinski definition) is 0. The van der Waals surface area contributed by atoms with Gasteiger partial charge in [-0.2, -0.15) is 0 Å². The number of aryl methyl sites for hydroxylation is 1. The molecule has 2 aliphatic carbocycles. The van der Waals surface area contributed by atoms with Gasteiger partial charge in [0, 0.05) is 10.2 Å². The third-order valence-corrected chi connectivity index (χ3v) is 6.63. The highest BCUT2D eigenvalue weighted by Gasteiger charge is 2.55. The summed E-state index contributed by atoms with van der Waals surface area (Å²) < 4.78 is 6.46. The van der Waals surface area contributed by atoms with Crippen molar-refractivity contribution < 1.29 is 4.74 Å². The fourth-order valence-corrected chi connectivity index (χ4v) is 5.04. The molecule has 0 heterocycles. The standard InChI is InChI=1S/C18H25BrO/c1-2-14-9-5-6-10-15(14)20-17-13-16(19)18(17)11-7-3-4-8-12-18/h5-6,9-10,16-17H,2-4,7-8,11-13H2,1H3. The van der Waals surface area contributed by atoms with Crippen LogP contribution in [0.25, 0.3) is 0 Å². The second kappa shape index (κ2) is 6.09. The summed E-state index contributed by atoms with van der Waals surface area (Å²) >= 11 is 3.92. The number of ether oxygens (including phenoxy) is 1. The van der Waals surface area contributed by atoms with Crippen molar-refractivity contribution in [2.45, 2.75) is 69.2 Å². The molecule has 1 spiro atoms. The van der Waals surface area contributed by atoms with Crippen LogP contribution in [0.1, 0.15) is 57.4 Å². The van der Waals surface area contributed by atoms with Crippen molar-refractivity contribution >= 4 is 15.9 Å². The first-order chi connectivity index (χ1) is 9.76. The zero-order valence-electron chi connectivity index (χ0n) is 12.4. The monoisotopic (exact) mass is 336 g/mol. The Bertz CT molecular complexity index is 448. The summed E-state index contributed by atoms with van der Waals surface area (Å²) in [4.78, 5) is 0.659. The molecule has 0 amide bonds. The van der Waals surface area contributed by atoms with Gasteiger partial charge in [0.1, 0.15) is 11.9 Å². The predicted octanol–water partition coefficient (Wildman–Crippen LogP) is 5.50. The summed E-state index contributed by atoms with van der Waals surface area (Å²) in [5.41, 5.74) is 1.74. The Morgan fingerprint density at radius 1 is 1.15 bits per heavy atom. The SMILES string of the molecule is CCc1ccccc1OC1CC(Br)C12CCCCCC2. The van der Waals surface area contributed by atoms with Crippen LogP contribution in [0.15, 0.2) is 24.3 Å². The molecule has 0 aromatic heterocycles. The van der Waals surface area contributed by atoms with Gasteiger partial charge >= 0.3 is 0 Å². The third-order valence-electron chi connectivity index (χ3n) is 5.34. The number of benzene rings is 1. The maximum absolute atomic E-state index is 6.46. The first-order valence-electron chi connectivity index (χ1n) is 8.15. The molecule has 2 aliphatic rings. The molecule has 3 rings (SSSR count). The van der Waals surface area contributed by atoms with E-state index >= 15 is 0 Å². The lowest BCUT2D eigenvalue weighted by atomic mass is 9.61. The molecule has 2 atom stereocenters. The van der Waals surface area contributed by atoms with E-state index in [1.807, 2.05) is 0 Å². The van der Waals surface area contributed by atoms with Gasteiger partial charge < -0.3 is 4.74 Å². The molecule has 2 fully saturated rings. The molecule has 0 aliphatic heterocycles. The van der Waals surface area contributed by atoms with Crippen molar-refractivity contribution in [1.82, 2.24) is 0 Å². The van der Waals surface area contributed by atoms with E-state index in [4.69, 9.17) is 4.74 Å². The van der Waals surface area contributed by atoms with Crippen LogP contribution in [0.3, 0.4) is 0 Å². The Hall–Kier alpha value is -0.500. The van der Waals surface area contributed by atoms with E-state index in [9.17, 15) is 0 Å². The van der Waals surface area contributed by atoms with E-state index in [-0.39, 0.29) is 0 Å². The maximum atomic E-state index is 6.46. The van der Waals surface area contributed by atoms with Gasteiger partial charge in [-0.1, -0.05) is 66.7 Å². The molecule has 2 saturated carbocycles. The molecule has 0 bridgehead atoms. The Balaban J connectivity index is 1.77. The minimum atomic E-state index is 0.400. The first-order valence-corrected chi connectivity index (χ1v) is 9.06. The molecule has 1 nitrogen and oxygen atoms in total. The van der Waals surface area contributed by atoms with Crippen LogP contribution in [-0.2, 0) is 6.42 Å². The van der Waals surface area contributed by atoms with Crippen LogP contribution in [0.2, 0.25) is 0 Å². The summed E-state index contributed by atoms with van der Waals surface area (Å²) in [6.07, 6.45) is 10.8. The average Bonchev–Trinajstić information content (AvgIpc) is 2.75. The predicted molar refractivity (Wildman–Crippen MR) is 87.7 cm³/mol. The van der Waals surface area contributed by atoms with Crippen molar-refractivity contribution in [3.8, 4) is 5.75 Å². The topological polar surface area (TPSA) is 9.23 Å². The highest BCUT2D eigenvalue weighted by Crippen LogP contribution is 2.55. The fraction of sp³-hybridized carbons (Fsp3) is 0.667. The maximum Gasteiger partial charge on any atom is 0.122 e. The van der Waals surface area contributed by atoms with Crippen molar-refractivity contribution in [1.29, 1.82) is 0 Å². The zero-order valence-corrected chi connectivity index (χ0v) is 14.0. The minimum Gasteiger partial charge on any atom is -0.489 e. The fourth-order valence-electron chi connectivity index (χ4n) is 3.95. The Morgan fingerprint density at radius 2 is 1.85 bits per heavy atom. The summed E-state index contributed by atoms with van der Waals surface area (Å²) in [6, 6.07) is 8.55. The van der Waals surface area contributed by atoms with Gasteiger partial charge in [-0.05, 0) is 37.3 Å². The minimum absolute atomic E-state index is 0.400. The smallest absolute Gasteiger partial charge is 0.122 e. The summed E-state index contributed by atoms with van der Waals surface area (Å²) in [7, 11) is 0. The quantitative estimate of drug-likeness (QED) is 0.661. The Morgan fingerprint density at radius 3 is 2.50 bits per heavy atom. The largest absolute Gasteiger partial charge is 0.489 e. The Labute approximate surface area is 131 Å². The average molecular weight is 337 g/mol. The van der Waals surface area contributed by atoms with Crippen molar-refractivity contribution in [3.63, 3.8) is 0 Å². The molecular formula is C18H25BrO. The first kappa shape index (κ1) is 14.4. The molecular weight excluding hydrogens is 312 g/mol. The van der Waals surface area contributed by atoms with Crippen LogP contribution >= 0.6 is 15.9 Å². The van der Waals surface area contributed by atoms with Gasteiger partial charge in [0.2, 0.25) is 0 Å². The number of hydrogen-bond acceptors (Lipinski definition) is 1. The van der Waals surface area contributed by atoms with E-state index in [1.54, 1.807) is 0 Å². The summed E-state index contributed by atoms with van der Waals surface area (Å²) in [5, 5.41) is 0. The lowest BCUT2D eigenvalue weighted by molar-refractivity contribution is -0.0466. The molecule has 0 N–H and O–H groups in total. The Kier molecular flexibility index (Phi) is 4.40. The van der Waals surface area contributed by atoms with Crippen molar-refractivity contribution in [3.05, 3.63) is 29.8 Å². The van der Waals surface area contributed by atoms with Gasteiger partial charge in [0.05, 0.1) is 0 Å². The lowest BCUT2D eigenvalue weighted by Gasteiger charge is -2.53. The second-order valence-electron chi connectivity index (χ2n) is 6.42. The van der Waals surface area contributed by atoms with Crippen LogP contribution < -0.4 is 4.74 Å². The number of alkyl halides is 1. The summed E-state index contributed by atoms with van der Waals surface area (Å²) in [6.45, 7) is 2.21. The van der Waals surface area contributed by atoms with E-state index in [0.717, 1.165) is 18.6 Å². The molecule has 1 aromatic rings. The summed E-state index contributed by atoms with van der Waals surface area (Å²) in [5.74, 6) is 1.11. The molecule has 0 radical (unpaired) electrons. The lowest BCUT2D eigenvalue weighted by Crippen LogP contribution is -2.56. The molecule has 2 heteroatoms. The van der Waals surface area contributed by atoms with Crippen molar-refractivity contribution in [2.75, 3.05) is 0 Å². The molecule has 0 saturated heterocycles. The molecule has 2 unspecified atom stereocenters. The van der Waals surface area contributed by atoms with E-state index < -0.39 is 0 Å². The van der Waals surface area contributed by atoms with Gasteiger partial charge in [0.25, 0.3) is 0 Å². The van der Waals surface area contributed by atoms with Gasteiger partial charge in [-0.15, -0.1) is 0 Å². The van der Waals surface area contributed by atoms with Crippen LogP contribution in [0.5, 0.6) is 5.75 Å². The second-order valence-corrected chi connectivity index (χ2v) is 7.52. The third kappa shape index (κ3) is 2.52. The normalized spacial score (nSPS) is 28.7. The van der Waals surface area contributed by atoms with E-state index in [0.29, 0.717) is 16.3 Å². The van der Waals surface area contributed by atoms with Crippen molar-refractivity contribution in [2.24, 2.45) is 5.41 Å². The zero-order chi connectivity index (χ0) is 14.0. The highest BCUT2D eigenvalue weighted by molar-refractivity contribution is 9.09. The molecule has 20 heavy (non-hydrogen) atoms. The number of halogens is 1. The van der Waals surface area contributed by atoms with E-state index in [1.165, 1.54) is 44.1 Å². The molecule has 110 valence electrons. The van der Waals surface area contributed by atoms with Crippen LogP contribution in [-0.4, -0.2) is 10.9 Å². The van der Waals surface area contributed by atoms with Gasteiger partial charge in [-0.3, -0.25) is 0 Å². The molecule has 1 aromatic carbocycles.